The van der Waals surface area contributed by atoms with Gasteiger partial charge in [-0.3, -0.25) is 4.79 Å². The molecule has 1 aliphatic heterocycles. The molecule has 1 aliphatic carbocycles. The first-order valence-corrected chi connectivity index (χ1v) is 10.1. The largest absolute Gasteiger partial charge is 0.495 e. The summed E-state index contributed by atoms with van der Waals surface area (Å²) in [7, 11) is 2.85. The summed E-state index contributed by atoms with van der Waals surface area (Å²) in [5.41, 5.74) is 7.39. The van der Waals surface area contributed by atoms with E-state index < -0.39 is 11.9 Å². The van der Waals surface area contributed by atoms with Crippen LogP contribution in [0.4, 0.5) is 0 Å². The Labute approximate surface area is 178 Å². The topological polar surface area (TPSA) is 87.9 Å². The second kappa shape index (κ2) is 7.75. The van der Waals surface area contributed by atoms with Gasteiger partial charge < -0.3 is 19.9 Å². The van der Waals surface area contributed by atoms with Crippen LogP contribution in [0.2, 0.25) is 0 Å². The number of carbonyl (C=O) groups is 2. The zero-order valence-electron chi connectivity index (χ0n) is 14.2. The molecule has 2 aliphatic rings. The molecule has 0 saturated carbocycles. The zero-order valence-corrected chi connectivity index (χ0v) is 18.5. The average molecular weight is 581 g/mol. The van der Waals surface area contributed by atoms with Crippen LogP contribution in [0, 0.1) is 7.14 Å². The summed E-state index contributed by atoms with van der Waals surface area (Å²) in [6.45, 7) is 0. The van der Waals surface area contributed by atoms with Gasteiger partial charge in [0.1, 0.15) is 17.1 Å². The van der Waals surface area contributed by atoms with E-state index in [0.717, 1.165) is 7.14 Å². The minimum atomic E-state index is -0.669. The van der Waals surface area contributed by atoms with E-state index in [4.69, 9.17) is 19.9 Å². The molecule has 0 amide bonds. The van der Waals surface area contributed by atoms with Gasteiger partial charge in [0, 0.05) is 27.5 Å². The number of methoxy groups -OCH3 is 2. The van der Waals surface area contributed by atoms with Gasteiger partial charge >= 0.3 is 5.97 Å². The van der Waals surface area contributed by atoms with Gasteiger partial charge in [-0.25, -0.2) is 4.79 Å². The van der Waals surface area contributed by atoms with E-state index in [1.54, 1.807) is 7.11 Å². The lowest BCUT2D eigenvalue weighted by Gasteiger charge is -2.33. The third-order valence-corrected chi connectivity index (χ3v) is 5.87. The Balaban J connectivity index is 2.31. The van der Waals surface area contributed by atoms with Gasteiger partial charge in [-0.05, 0) is 63.7 Å². The minimum absolute atomic E-state index is 0.0220. The van der Waals surface area contributed by atoms with Crippen molar-refractivity contribution in [1.82, 2.24) is 0 Å². The highest BCUT2D eigenvalue weighted by Crippen LogP contribution is 2.47. The first kappa shape index (κ1) is 19.5. The van der Waals surface area contributed by atoms with Gasteiger partial charge in [-0.15, -0.1) is 0 Å². The molecule has 138 valence electrons. The van der Waals surface area contributed by atoms with Crippen LogP contribution in [0.1, 0.15) is 30.7 Å². The van der Waals surface area contributed by atoms with E-state index in [2.05, 4.69) is 45.2 Å². The second-order valence-corrected chi connectivity index (χ2v) is 8.34. The third-order valence-electron chi connectivity index (χ3n) is 4.44. The van der Waals surface area contributed by atoms with Crippen LogP contribution >= 0.6 is 45.2 Å². The number of Topliss-reactive ketones (excluding diaryl/α,β-unsaturated/α-hetero) is 1. The molecule has 0 radical (unpaired) electrons. The van der Waals surface area contributed by atoms with E-state index in [9.17, 15) is 9.59 Å². The summed E-state index contributed by atoms with van der Waals surface area (Å²) in [6, 6.07) is 3.87. The van der Waals surface area contributed by atoms with Crippen LogP contribution in [0.15, 0.2) is 34.9 Å². The van der Waals surface area contributed by atoms with Crippen molar-refractivity contribution in [3.8, 4) is 5.75 Å². The summed E-state index contributed by atoms with van der Waals surface area (Å²) in [6.07, 6.45) is 1.72. The maximum Gasteiger partial charge on any atom is 0.340 e. The van der Waals surface area contributed by atoms with Crippen molar-refractivity contribution < 1.29 is 23.8 Å². The fourth-order valence-electron chi connectivity index (χ4n) is 3.39. The van der Waals surface area contributed by atoms with Crippen LogP contribution in [0.5, 0.6) is 5.75 Å². The molecule has 1 atom stereocenters. The lowest BCUT2D eigenvalue weighted by atomic mass is 9.77. The van der Waals surface area contributed by atoms with Crippen molar-refractivity contribution >= 4 is 56.9 Å². The van der Waals surface area contributed by atoms with Gasteiger partial charge in [0.05, 0.1) is 23.7 Å². The Morgan fingerprint density at radius 3 is 2.65 bits per heavy atom. The van der Waals surface area contributed by atoms with Crippen LogP contribution in [-0.2, 0) is 19.1 Å². The number of ether oxygens (including phenoxy) is 3. The molecule has 26 heavy (non-hydrogen) atoms. The number of nitrogens with two attached hydrogens (primary N) is 1. The lowest BCUT2D eigenvalue weighted by molar-refractivity contribution is -0.136. The molecule has 0 saturated heterocycles. The molecule has 0 aromatic heterocycles. The summed E-state index contributed by atoms with van der Waals surface area (Å²) in [5.74, 6) is -0.206. The Bertz CT molecular complexity index is 859. The molecule has 2 N–H and O–H groups in total. The fraction of sp³-hybridized carbons (Fsp3) is 0.333. The Kier molecular flexibility index (Phi) is 5.80. The molecule has 6 nitrogen and oxygen atoms in total. The van der Waals surface area contributed by atoms with Crippen molar-refractivity contribution in [3.05, 3.63) is 47.6 Å². The molecule has 0 spiro atoms. The van der Waals surface area contributed by atoms with Gasteiger partial charge in [-0.1, -0.05) is 0 Å². The standard InChI is InChI=1S/C18H17I2NO5/c1-24-16-9(6-8(19)7-10(16)20)13-14-11(22)4-3-5-12(14)26-17(21)15(13)18(23)25-2/h6-7,13H,3-5,21H2,1-2H3/t13-/m0/s1. The van der Waals surface area contributed by atoms with E-state index in [1.165, 1.54) is 7.11 Å². The van der Waals surface area contributed by atoms with E-state index >= 15 is 0 Å². The van der Waals surface area contributed by atoms with Crippen molar-refractivity contribution in [2.45, 2.75) is 25.2 Å². The SMILES string of the molecule is COC(=O)C1=C(N)OC2=C(C(=O)CCC2)[C@@H]1c1cc(I)cc(I)c1OC. The predicted molar refractivity (Wildman–Crippen MR) is 111 cm³/mol. The summed E-state index contributed by atoms with van der Waals surface area (Å²) in [4.78, 5) is 25.2. The Morgan fingerprint density at radius 1 is 1.27 bits per heavy atom. The van der Waals surface area contributed by atoms with Crippen molar-refractivity contribution in [3.63, 3.8) is 0 Å². The third kappa shape index (κ3) is 3.32. The fourth-order valence-corrected chi connectivity index (χ4v) is 5.50. The normalized spacial score (nSPS) is 19.8. The van der Waals surface area contributed by atoms with E-state index in [1.807, 2.05) is 12.1 Å². The van der Waals surface area contributed by atoms with Crippen molar-refractivity contribution in [2.24, 2.45) is 5.73 Å². The molecular weight excluding hydrogens is 564 g/mol. The molecule has 1 aromatic rings. The molecule has 0 unspecified atom stereocenters. The first-order chi connectivity index (χ1) is 12.4. The Hall–Kier alpha value is -1.30. The van der Waals surface area contributed by atoms with Crippen LogP contribution < -0.4 is 10.5 Å². The van der Waals surface area contributed by atoms with Gasteiger partial charge in [0.25, 0.3) is 0 Å². The number of rotatable bonds is 3. The summed E-state index contributed by atoms with van der Waals surface area (Å²) >= 11 is 4.37. The number of allylic oxidation sites excluding steroid dienone is 2. The van der Waals surface area contributed by atoms with Crippen LogP contribution in [0.25, 0.3) is 0 Å². The lowest BCUT2D eigenvalue weighted by Crippen LogP contribution is -2.31. The number of carbonyl (C=O) groups excluding carboxylic acids is 2. The summed E-state index contributed by atoms with van der Waals surface area (Å²) in [5, 5.41) is 0. The molecule has 0 bridgehead atoms. The number of hydrogen-bond donors (Lipinski definition) is 1. The maximum atomic E-state index is 12.7. The minimum Gasteiger partial charge on any atom is -0.495 e. The highest BCUT2D eigenvalue weighted by Gasteiger charge is 2.42. The molecule has 8 heteroatoms. The highest BCUT2D eigenvalue weighted by atomic mass is 127. The quantitative estimate of drug-likeness (QED) is 0.436. The zero-order chi connectivity index (χ0) is 19.0. The molecule has 3 rings (SSSR count). The van der Waals surface area contributed by atoms with Crippen LogP contribution in [-0.4, -0.2) is 26.0 Å². The average Bonchev–Trinajstić information content (AvgIpc) is 2.59. The number of halogens is 2. The number of esters is 1. The highest BCUT2D eigenvalue weighted by molar-refractivity contribution is 14.1. The first-order valence-electron chi connectivity index (χ1n) is 7.94. The maximum absolute atomic E-state index is 12.7. The number of hydrogen-bond acceptors (Lipinski definition) is 6. The molecule has 1 heterocycles. The molecule has 0 fully saturated rings. The van der Waals surface area contributed by atoms with Crippen LogP contribution in [0.3, 0.4) is 0 Å². The van der Waals surface area contributed by atoms with E-state index in [0.29, 0.717) is 41.9 Å². The van der Waals surface area contributed by atoms with E-state index in [-0.39, 0.29) is 17.2 Å². The van der Waals surface area contributed by atoms with Crippen molar-refractivity contribution in [1.29, 1.82) is 0 Å². The van der Waals surface area contributed by atoms with Gasteiger partial charge in [-0.2, -0.15) is 0 Å². The Morgan fingerprint density at radius 2 is 2.00 bits per heavy atom. The smallest absolute Gasteiger partial charge is 0.340 e. The molecular formula is C18H17I2NO5. The second-order valence-electron chi connectivity index (χ2n) is 5.93. The number of benzene rings is 1. The van der Waals surface area contributed by atoms with Crippen molar-refractivity contribution in [2.75, 3.05) is 14.2 Å². The summed E-state index contributed by atoms with van der Waals surface area (Å²) < 4.78 is 18.0. The predicted octanol–water partition coefficient (Wildman–Crippen LogP) is 3.37. The monoisotopic (exact) mass is 581 g/mol. The van der Waals surface area contributed by atoms with Gasteiger partial charge in [0.15, 0.2) is 5.78 Å². The van der Waals surface area contributed by atoms with Gasteiger partial charge in [0.2, 0.25) is 5.88 Å². The number of ketones is 1. The molecule has 1 aromatic carbocycles.